The topological polar surface area (TPSA) is 52.0 Å². The van der Waals surface area contributed by atoms with E-state index >= 15 is 0 Å². The molecule has 0 fully saturated rings. The van der Waals surface area contributed by atoms with Gasteiger partial charge in [-0.05, 0) is 32.4 Å². The van der Waals surface area contributed by atoms with E-state index in [1.165, 1.54) is 0 Å². The first-order chi connectivity index (χ1) is 7.04. The van der Waals surface area contributed by atoms with E-state index in [1.807, 2.05) is 39.0 Å². The standard InChI is InChI=1S/C12H16N2O/c1-8-5-4-6-9-10(8)14-11(15-9)12(2,3)7-13/h4-6H,7,13H2,1-3H3. The normalized spacial score (nSPS) is 12.3. The lowest BCUT2D eigenvalue weighted by molar-refractivity contribution is 0.391. The number of para-hydroxylation sites is 1. The molecule has 0 saturated carbocycles. The van der Waals surface area contributed by atoms with E-state index in [-0.39, 0.29) is 5.41 Å². The molecule has 2 rings (SSSR count). The van der Waals surface area contributed by atoms with Crippen LogP contribution in [0.3, 0.4) is 0 Å². The summed E-state index contributed by atoms with van der Waals surface area (Å²) in [5, 5.41) is 0. The molecule has 2 aromatic rings. The van der Waals surface area contributed by atoms with Gasteiger partial charge in [-0.2, -0.15) is 0 Å². The van der Waals surface area contributed by atoms with Crippen molar-refractivity contribution in [2.75, 3.05) is 6.54 Å². The highest BCUT2D eigenvalue weighted by atomic mass is 16.3. The zero-order valence-electron chi connectivity index (χ0n) is 9.37. The van der Waals surface area contributed by atoms with Gasteiger partial charge >= 0.3 is 0 Å². The number of oxazole rings is 1. The van der Waals surface area contributed by atoms with Crippen LogP contribution < -0.4 is 5.73 Å². The van der Waals surface area contributed by atoms with E-state index in [0.717, 1.165) is 16.7 Å². The summed E-state index contributed by atoms with van der Waals surface area (Å²) in [5.41, 5.74) is 8.41. The molecule has 3 heteroatoms. The van der Waals surface area contributed by atoms with Gasteiger partial charge in [0.2, 0.25) is 5.89 Å². The molecule has 0 bridgehead atoms. The third-order valence-corrected chi connectivity index (χ3v) is 2.71. The van der Waals surface area contributed by atoms with Gasteiger partial charge in [0.05, 0.1) is 5.41 Å². The maximum atomic E-state index is 5.71. The molecule has 0 radical (unpaired) electrons. The van der Waals surface area contributed by atoms with E-state index in [9.17, 15) is 0 Å². The van der Waals surface area contributed by atoms with Crippen LogP contribution in [0.2, 0.25) is 0 Å². The van der Waals surface area contributed by atoms with Crippen molar-refractivity contribution in [3.63, 3.8) is 0 Å². The van der Waals surface area contributed by atoms with Crippen LogP contribution >= 0.6 is 0 Å². The van der Waals surface area contributed by atoms with Crippen molar-refractivity contribution in [2.24, 2.45) is 5.73 Å². The van der Waals surface area contributed by atoms with Crippen molar-refractivity contribution in [1.29, 1.82) is 0 Å². The van der Waals surface area contributed by atoms with Gasteiger partial charge < -0.3 is 10.2 Å². The monoisotopic (exact) mass is 204 g/mol. The van der Waals surface area contributed by atoms with Crippen LogP contribution in [0, 0.1) is 6.92 Å². The van der Waals surface area contributed by atoms with Crippen LogP contribution in [0.1, 0.15) is 25.3 Å². The minimum atomic E-state index is -0.203. The van der Waals surface area contributed by atoms with Crippen molar-refractivity contribution in [3.05, 3.63) is 29.7 Å². The first-order valence-corrected chi connectivity index (χ1v) is 5.11. The fourth-order valence-corrected chi connectivity index (χ4v) is 1.46. The largest absolute Gasteiger partial charge is 0.440 e. The molecule has 0 aliphatic rings. The fourth-order valence-electron chi connectivity index (χ4n) is 1.46. The van der Waals surface area contributed by atoms with Crippen molar-refractivity contribution in [1.82, 2.24) is 4.98 Å². The number of rotatable bonds is 2. The van der Waals surface area contributed by atoms with Crippen LogP contribution in [0.5, 0.6) is 0 Å². The Morgan fingerprint density at radius 2 is 2.13 bits per heavy atom. The number of hydrogen-bond donors (Lipinski definition) is 1. The van der Waals surface area contributed by atoms with Gasteiger partial charge in [0, 0.05) is 6.54 Å². The second kappa shape index (κ2) is 3.35. The molecule has 0 aliphatic carbocycles. The van der Waals surface area contributed by atoms with Gasteiger partial charge in [-0.1, -0.05) is 12.1 Å². The van der Waals surface area contributed by atoms with Crippen molar-refractivity contribution in [2.45, 2.75) is 26.2 Å². The average molecular weight is 204 g/mol. The van der Waals surface area contributed by atoms with Gasteiger partial charge in [0.15, 0.2) is 5.58 Å². The van der Waals surface area contributed by atoms with E-state index in [4.69, 9.17) is 10.2 Å². The smallest absolute Gasteiger partial charge is 0.202 e. The van der Waals surface area contributed by atoms with Gasteiger partial charge in [-0.15, -0.1) is 0 Å². The quantitative estimate of drug-likeness (QED) is 0.817. The summed E-state index contributed by atoms with van der Waals surface area (Å²) in [7, 11) is 0. The van der Waals surface area contributed by atoms with E-state index < -0.39 is 0 Å². The summed E-state index contributed by atoms with van der Waals surface area (Å²) in [6.07, 6.45) is 0. The van der Waals surface area contributed by atoms with Crippen LogP contribution in [0.4, 0.5) is 0 Å². The highest BCUT2D eigenvalue weighted by Crippen LogP contribution is 2.26. The fraction of sp³-hybridized carbons (Fsp3) is 0.417. The number of hydrogen-bond acceptors (Lipinski definition) is 3. The van der Waals surface area contributed by atoms with Gasteiger partial charge in [0.25, 0.3) is 0 Å². The second-order valence-electron chi connectivity index (χ2n) is 4.53. The summed E-state index contributed by atoms with van der Waals surface area (Å²) in [6, 6.07) is 5.94. The van der Waals surface area contributed by atoms with Gasteiger partial charge in [-0.25, -0.2) is 4.98 Å². The highest BCUT2D eigenvalue weighted by molar-refractivity contribution is 5.76. The molecule has 3 nitrogen and oxygen atoms in total. The minimum Gasteiger partial charge on any atom is -0.440 e. The average Bonchev–Trinajstić information content (AvgIpc) is 2.64. The molecule has 0 spiro atoms. The third-order valence-electron chi connectivity index (χ3n) is 2.71. The summed E-state index contributed by atoms with van der Waals surface area (Å²) in [4.78, 5) is 4.51. The number of nitrogens with two attached hydrogens (primary N) is 1. The van der Waals surface area contributed by atoms with E-state index in [0.29, 0.717) is 12.4 Å². The zero-order valence-corrected chi connectivity index (χ0v) is 9.37. The van der Waals surface area contributed by atoms with Crippen molar-refractivity contribution < 1.29 is 4.42 Å². The molecule has 0 atom stereocenters. The predicted molar refractivity (Wildman–Crippen MR) is 60.8 cm³/mol. The Kier molecular flexibility index (Phi) is 2.27. The molecular weight excluding hydrogens is 188 g/mol. The zero-order chi connectivity index (χ0) is 11.1. The van der Waals surface area contributed by atoms with E-state index in [1.54, 1.807) is 0 Å². The lowest BCUT2D eigenvalue weighted by Crippen LogP contribution is -2.28. The summed E-state index contributed by atoms with van der Waals surface area (Å²) in [5.74, 6) is 0.717. The lowest BCUT2D eigenvalue weighted by Gasteiger charge is -2.16. The lowest BCUT2D eigenvalue weighted by atomic mass is 9.94. The summed E-state index contributed by atoms with van der Waals surface area (Å²) >= 11 is 0. The van der Waals surface area contributed by atoms with Crippen molar-refractivity contribution >= 4 is 11.1 Å². The molecule has 80 valence electrons. The minimum absolute atomic E-state index is 0.203. The Morgan fingerprint density at radius 1 is 1.40 bits per heavy atom. The van der Waals surface area contributed by atoms with Gasteiger partial charge in [0.1, 0.15) is 5.52 Å². The number of fused-ring (bicyclic) bond motifs is 1. The molecule has 15 heavy (non-hydrogen) atoms. The Bertz CT molecular complexity index is 485. The summed E-state index contributed by atoms with van der Waals surface area (Å²) < 4.78 is 5.71. The highest BCUT2D eigenvalue weighted by Gasteiger charge is 2.25. The Labute approximate surface area is 89.3 Å². The van der Waals surface area contributed by atoms with Crippen LogP contribution in [0.25, 0.3) is 11.1 Å². The molecular formula is C12H16N2O. The number of benzene rings is 1. The SMILES string of the molecule is Cc1cccc2oc(C(C)(C)CN)nc12. The maximum Gasteiger partial charge on any atom is 0.202 e. The van der Waals surface area contributed by atoms with E-state index in [2.05, 4.69) is 4.98 Å². The number of aromatic nitrogens is 1. The molecule has 0 amide bonds. The van der Waals surface area contributed by atoms with Gasteiger partial charge in [-0.3, -0.25) is 0 Å². The molecule has 0 unspecified atom stereocenters. The third kappa shape index (κ3) is 1.63. The Morgan fingerprint density at radius 3 is 2.73 bits per heavy atom. The Balaban J connectivity index is 2.62. The summed E-state index contributed by atoms with van der Waals surface area (Å²) in [6.45, 7) is 6.63. The first kappa shape index (κ1) is 10.2. The number of aryl methyl sites for hydroxylation is 1. The van der Waals surface area contributed by atoms with Crippen LogP contribution in [-0.4, -0.2) is 11.5 Å². The molecule has 1 heterocycles. The molecule has 1 aromatic heterocycles. The Hall–Kier alpha value is -1.35. The molecule has 1 aromatic carbocycles. The molecule has 0 saturated heterocycles. The maximum absolute atomic E-state index is 5.71. The second-order valence-corrected chi connectivity index (χ2v) is 4.53. The van der Waals surface area contributed by atoms with Crippen LogP contribution in [0.15, 0.2) is 22.6 Å². The molecule has 0 aliphatic heterocycles. The number of nitrogens with zero attached hydrogens (tertiary/aromatic N) is 1. The first-order valence-electron chi connectivity index (χ1n) is 5.11. The van der Waals surface area contributed by atoms with Crippen molar-refractivity contribution in [3.8, 4) is 0 Å². The molecule has 2 N–H and O–H groups in total. The predicted octanol–water partition coefficient (Wildman–Crippen LogP) is 2.37. The van der Waals surface area contributed by atoms with Crippen LogP contribution in [-0.2, 0) is 5.41 Å².